The molecule has 1 fully saturated rings. The summed E-state index contributed by atoms with van der Waals surface area (Å²) in [5.41, 5.74) is -3.07. The van der Waals surface area contributed by atoms with Gasteiger partial charge in [-0.1, -0.05) is 0 Å². The Morgan fingerprint density at radius 2 is 2.41 bits per heavy atom. The summed E-state index contributed by atoms with van der Waals surface area (Å²) < 4.78 is 20.1. The summed E-state index contributed by atoms with van der Waals surface area (Å²) in [5.74, 6) is 0. The van der Waals surface area contributed by atoms with Crippen molar-refractivity contribution in [3.8, 4) is 0 Å². The van der Waals surface area contributed by atoms with E-state index in [9.17, 15) is 14.0 Å². The topological polar surface area (TPSA) is 84.3 Å². The summed E-state index contributed by atoms with van der Waals surface area (Å²) in [4.78, 5) is 24.7. The van der Waals surface area contributed by atoms with Crippen LogP contribution in [0.4, 0.5) is 4.39 Å². The summed E-state index contributed by atoms with van der Waals surface area (Å²) in [7, 11) is 0. The van der Waals surface area contributed by atoms with Crippen LogP contribution < -0.4 is 11.2 Å². The van der Waals surface area contributed by atoms with Crippen molar-refractivity contribution < 1.29 is 14.2 Å². The first kappa shape index (κ1) is 12.5. The van der Waals surface area contributed by atoms with Crippen molar-refractivity contribution in [3.63, 3.8) is 0 Å². The standard InChI is InChI=1S/C9H10BrFN2O4/c10-5-2-13(8(16)12-7(5)15)6-1-9(11,3-14)4-17-6/h2,6,14H,1,3-4H2,(H,12,15,16). The first-order valence-electron chi connectivity index (χ1n) is 4.87. The number of hydrogen-bond donors (Lipinski definition) is 2. The van der Waals surface area contributed by atoms with Gasteiger partial charge in [-0.05, 0) is 15.9 Å². The highest BCUT2D eigenvalue weighted by Gasteiger charge is 2.41. The predicted molar refractivity (Wildman–Crippen MR) is 59.6 cm³/mol. The quantitative estimate of drug-likeness (QED) is 0.800. The molecule has 2 unspecified atom stereocenters. The van der Waals surface area contributed by atoms with Gasteiger partial charge in [-0.25, -0.2) is 9.18 Å². The lowest BCUT2D eigenvalue weighted by Gasteiger charge is -2.14. The fraction of sp³-hybridized carbons (Fsp3) is 0.556. The van der Waals surface area contributed by atoms with E-state index in [1.165, 1.54) is 6.20 Å². The molecule has 0 radical (unpaired) electrons. The number of rotatable bonds is 2. The Morgan fingerprint density at radius 1 is 1.71 bits per heavy atom. The van der Waals surface area contributed by atoms with Gasteiger partial charge >= 0.3 is 5.69 Å². The molecule has 1 saturated heterocycles. The van der Waals surface area contributed by atoms with E-state index in [0.29, 0.717) is 0 Å². The molecule has 0 aromatic carbocycles. The molecule has 1 aliphatic rings. The Hall–Kier alpha value is -0.990. The van der Waals surface area contributed by atoms with Crippen molar-refractivity contribution in [1.82, 2.24) is 9.55 Å². The Bertz CT molecular complexity index is 543. The van der Waals surface area contributed by atoms with Crippen LogP contribution in [0.1, 0.15) is 12.6 Å². The number of aliphatic hydroxyl groups is 1. The largest absolute Gasteiger partial charge is 0.393 e. The maximum Gasteiger partial charge on any atom is 0.330 e. The SMILES string of the molecule is O=c1[nH]c(=O)n(C2CC(F)(CO)CO2)cc1Br. The van der Waals surface area contributed by atoms with Crippen LogP contribution in [0.3, 0.4) is 0 Å². The Morgan fingerprint density at radius 3 is 3.00 bits per heavy atom. The number of nitrogens with zero attached hydrogens (tertiary/aromatic N) is 1. The number of hydrogen-bond acceptors (Lipinski definition) is 4. The average Bonchev–Trinajstić information content (AvgIpc) is 2.67. The number of halogens is 2. The van der Waals surface area contributed by atoms with Gasteiger partial charge in [0.1, 0.15) is 6.23 Å². The van der Waals surface area contributed by atoms with E-state index in [-0.39, 0.29) is 17.5 Å². The maximum atomic E-state index is 13.7. The van der Waals surface area contributed by atoms with Gasteiger partial charge < -0.3 is 9.84 Å². The minimum absolute atomic E-state index is 0.137. The molecule has 1 aromatic rings. The zero-order valence-corrected chi connectivity index (χ0v) is 10.2. The van der Waals surface area contributed by atoms with Crippen molar-refractivity contribution in [2.45, 2.75) is 18.3 Å². The minimum atomic E-state index is -1.84. The van der Waals surface area contributed by atoms with Gasteiger partial charge in [-0.15, -0.1) is 0 Å². The molecule has 0 aliphatic carbocycles. The number of aromatic nitrogens is 2. The molecule has 0 bridgehead atoms. The summed E-state index contributed by atoms with van der Waals surface area (Å²) in [5, 5.41) is 8.85. The van der Waals surface area contributed by atoms with Crippen LogP contribution >= 0.6 is 15.9 Å². The van der Waals surface area contributed by atoms with Crippen LogP contribution in [-0.4, -0.2) is 33.5 Å². The van der Waals surface area contributed by atoms with Gasteiger partial charge in [0, 0.05) is 12.6 Å². The van der Waals surface area contributed by atoms with Crippen LogP contribution in [0.15, 0.2) is 20.3 Å². The molecule has 17 heavy (non-hydrogen) atoms. The molecule has 2 N–H and O–H groups in total. The van der Waals surface area contributed by atoms with Gasteiger partial charge in [0.25, 0.3) is 5.56 Å². The Labute approximate surface area is 103 Å². The lowest BCUT2D eigenvalue weighted by atomic mass is 10.1. The smallest absolute Gasteiger partial charge is 0.330 e. The molecule has 2 heterocycles. The van der Waals surface area contributed by atoms with Crippen LogP contribution in [0.25, 0.3) is 0 Å². The monoisotopic (exact) mass is 308 g/mol. The second kappa shape index (κ2) is 4.35. The van der Waals surface area contributed by atoms with Crippen molar-refractivity contribution in [2.24, 2.45) is 0 Å². The van der Waals surface area contributed by atoms with Crippen LogP contribution in [-0.2, 0) is 4.74 Å². The molecule has 1 aliphatic heterocycles. The predicted octanol–water partition coefficient (Wildman–Crippen LogP) is -0.0814. The highest BCUT2D eigenvalue weighted by atomic mass is 79.9. The highest BCUT2D eigenvalue weighted by molar-refractivity contribution is 9.10. The molecular weight excluding hydrogens is 299 g/mol. The van der Waals surface area contributed by atoms with E-state index in [4.69, 9.17) is 9.84 Å². The first-order chi connectivity index (χ1) is 7.95. The third kappa shape index (κ3) is 2.33. The van der Waals surface area contributed by atoms with Crippen LogP contribution in [0.5, 0.6) is 0 Å². The van der Waals surface area contributed by atoms with Crippen molar-refractivity contribution >= 4 is 15.9 Å². The third-order valence-corrected chi connectivity index (χ3v) is 3.16. The van der Waals surface area contributed by atoms with Gasteiger partial charge in [0.05, 0.1) is 17.7 Å². The lowest BCUT2D eigenvalue weighted by Crippen LogP contribution is -2.33. The first-order valence-corrected chi connectivity index (χ1v) is 5.67. The number of nitrogens with one attached hydrogen (secondary N) is 1. The molecule has 94 valence electrons. The zero-order chi connectivity index (χ0) is 12.6. The Balaban J connectivity index is 2.34. The second-order valence-corrected chi connectivity index (χ2v) is 4.78. The number of ether oxygens (including phenoxy) is 1. The molecule has 2 rings (SSSR count). The normalized spacial score (nSPS) is 28.5. The van der Waals surface area contributed by atoms with Gasteiger partial charge in [-0.3, -0.25) is 14.3 Å². The van der Waals surface area contributed by atoms with E-state index in [1.54, 1.807) is 0 Å². The van der Waals surface area contributed by atoms with E-state index in [1.807, 2.05) is 0 Å². The fourth-order valence-electron chi connectivity index (χ4n) is 1.64. The van der Waals surface area contributed by atoms with E-state index in [2.05, 4.69) is 20.9 Å². The van der Waals surface area contributed by atoms with Crippen molar-refractivity contribution in [3.05, 3.63) is 31.5 Å². The highest BCUT2D eigenvalue weighted by Crippen LogP contribution is 2.33. The summed E-state index contributed by atoms with van der Waals surface area (Å²) in [6.07, 6.45) is 0.282. The molecule has 1 aromatic heterocycles. The fourth-order valence-corrected chi connectivity index (χ4v) is 1.96. The number of aromatic amines is 1. The maximum absolute atomic E-state index is 13.7. The minimum Gasteiger partial charge on any atom is -0.393 e. The zero-order valence-electron chi connectivity index (χ0n) is 8.65. The van der Waals surface area contributed by atoms with Crippen molar-refractivity contribution in [2.75, 3.05) is 13.2 Å². The van der Waals surface area contributed by atoms with Gasteiger partial charge in [-0.2, -0.15) is 0 Å². The van der Waals surface area contributed by atoms with E-state index in [0.717, 1.165) is 4.57 Å². The average molecular weight is 309 g/mol. The second-order valence-electron chi connectivity index (χ2n) is 3.92. The van der Waals surface area contributed by atoms with Crippen LogP contribution in [0.2, 0.25) is 0 Å². The van der Waals surface area contributed by atoms with Gasteiger partial charge in [0.15, 0.2) is 5.67 Å². The summed E-state index contributed by atoms with van der Waals surface area (Å²) in [6, 6.07) is 0. The number of aliphatic hydroxyl groups excluding tert-OH is 1. The van der Waals surface area contributed by atoms with Gasteiger partial charge in [0.2, 0.25) is 0 Å². The summed E-state index contributed by atoms with van der Waals surface area (Å²) >= 11 is 2.97. The number of alkyl halides is 1. The third-order valence-electron chi connectivity index (χ3n) is 2.59. The lowest BCUT2D eigenvalue weighted by molar-refractivity contribution is 0.0272. The molecule has 8 heteroatoms. The van der Waals surface area contributed by atoms with E-state index >= 15 is 0 Å². The summed E-state index contributed by atoms with van der Waals surface area (Å²) in [6.45, 7) is -0.944. The van der Waals surface area contributed by atoms with Crippen LogP contribution in [0, 0.1) is 0 Å². The Kier molecular flexibility index (Phi) is 3.19. The molecule has 2 atom stereocenters. The number of H-pyrrole nitrogens is 1. The molecule has 0 saturated carbocycles. The van der Waals surface area contributed by atoms with E-state index < -0.39 is 29.8 Å². The molecule has 0 spiro atoms. The molecular formula is C9H10BrFN2O4. The van der Waals surface area contributed by atoms with Crippen molar-refractivity contribution in [1.29, 1.82) is 0 Å². The molecule has 6 nitrogen and oxygen atoms in total. The molecule has 0 amide bonds.